The average Bonchev–Trinajstić information content (AvgIpc) is 3.55. The second-order valence-electron chi connectivity index (χ2n) is 8.68. The summed E-state index contributed by atoms with van der Waals surface area (Å²) in [5, 5.41) is 6.55. The van der Waals surface area contributed by atoms with E-state index in [1.807, 2.05) is 19.2 Å². The molecule has 2 aliphatic rings. The highest BCUT2D eigenvalue weighted by Crippen LogP contribution is 2.18. The smallest absolute Gasteiger partial charge is 0.234 e. The number of hydrogen-bond acceptors (Lipinski definition) is 4. The number of hydrogen-bond donors (Lipinski definition) is 2. The average molecular weight is 416 g/mol. The Kier molecular flexibility index (Phi) is 8.37. The van der Waals surface area contributed by atoms with E-state index in [0.717, 1.165) is 70.3 Å². The first kappa shape index (κ1) is 22.4. The Hall–Kier alpha value is -2.28. The van der Waals surface area contributed by atoms with E-state index >= 15 is 0 Å². The van der Waals surface area contributed by atoms with Crippen LogP contribution >= 0.6 is 0 Å². The van der Waals surface area contributed by atoms with Gasteiger partial charge in [-0.25, -0.2) is 0 Å². The van der Waals surface area contributed by atoms with Crippen LogP contribution in [0.25, 0.3) is 0 Å². The lowest BCUT2D eigenvalue weighted by atomic mass is 10.1. The summed E-state index contributed by atoms with van der Waals surface area (Å²) in [6.07, 6.45) is 3.21. The fourth-order valence-corrected chi connectivity index (χ4v) is 3.49. The van der Waals surface area contributed by atoms with Gasteiger partial charge in [-0.3, -0.25) is 14.7 Å². The molecule has 1 heterocycles. The monoisotopic (exact) mass is 415 g/mol. The molecule has 1 aromatic rings. The second-order valence-corrected chi connectivity index (χ2v) is 8.68. The van der Waals surface area contributed by atoms with E-state index in [9.17, 15) is 4.79 Å². The fourth-order valence-electron chi connectivity index (χ4n) is 3.49. The summed E-state index contributed by atoms with van der Waals surface area (Å²) in [6, 6.07) is 8.79. The minimum atomic E-state index is 0.161. The molecular weight excluding hydrogens is 378 g/mol. The van der Waals surface area contributed by atoms with Crippen molar-refractivity contribution in [1.29, 1.82) is 0 Å². The molecule has 0 radical (unpaired) electrons. The van der Waals surface area contributed by atoms with E-state index in [2.05, 4.69) is 51.4 Å². The number of rotatable bonds is 9. The molecule has 1 saturated carbocycles. The maximum atomic E-state index is 12.0. The molecule has 0 unspecified atom stereocenters. The van der Waals surface area contributed by atoms with Crippen molar-refractivity contribution in [2.75, 3.05) is 52.9 Å². The zero-order valence-electron chi connectivity index (χ0n) is 18.7. The molecule has 1 amide bonds. The summed E-state index contributed by atoms with van der Waals surface area (Å²) in [6.45, 7) is 9.94. The van der Waals surface area contributed by atoms with Crippen molar-refractivity contribution in [2.45, 2.75) is 39.2 Å². The zero-order chi connectivity index (χ0) is 21.3. The Bertz CT molecular complexity index is 692. The van der Waals surface area contributed by atoms with Crippen molar-refractivity contribution >= 4 is 11.9 Å². The highest BCUT2D eigenvalue weighted by Gasteiger charge is 2.25. The third-order valence-corrected chi connectivity index (χ3v) is 5.40. The number of amides is 1. The van der Waals surface area contributed by atoms with Gasteiger partial charge in [0.05, 0.1) is 13.2 Å². The van der Waals surface area contributed by atoms with E-state index in [0.29, 0.717) is 18.5 Å². The van der Waals surface area contributed by atoms with Crippen molar-refractivity contribution in [2.24, 2.45) is 10.9 Å². The van der Waals surface area contributed by atoms with Crippen LogP contribution in [0.2, 0.25) is 0 Å². The van der Waals surface area contributed by atoms with Crippen LogP contribution in [0, 0.1) is 5.92 Å². The number of nitrogens with one attached hydrogen (secondary N) is 2. The summed E-state index contributed by atoms with van der Waals surface area (Å²) in [4.78, 5) is 20.9. The molecule has 1 aromatic carbocycles. The van der Waals surface area contributed by atoms with Gasteiger partial charge in [-0.1, -0.05) is 26.0 Å². The lowest BCUT2D eigenvalue weighted by molar-refractivity contribution is -0.122. The molecule has 0 bridgehead atoms. The molecule has 0 spiro atoms. The molecule has 7 heteroatoms. The first-order chi connectivity index (χ1) is 14.5. The van der Waals surface area contributed by atoms with Gasteiger partial charge in [0, 0.05) is 45.8 Å². The molecule has 0 atom stereocenters. The molecular formula is C23H37N5O2. The number of piperazine rings is 1. The van der Waals surface area contributed by atoms with Crippen molar-refractivity contribution in [3.8, 4) is 5.75 Å². The Labute approximate surface area is 180 Å². The maximum absolute atomic E-state index is 12.0. The Morgan fingerprint density at radius 2 is 1.87 bits per heavy atom. The van der Waals surface area contributed by atoms with E-state index in [1.54, 1.807) is 0 Å². The first-order valence-electron chi connectivity index (χ1n) is 11.2. The lowest BCUT2D eigenvalue weighted by Crippen LogP contribution is -2.54. The lowest BCUT2D eigenvalue weighted by Gasteiger charge is -2.36. The predicted octanol–water partition coefficient (Wildman–Crippen LogP) is 1.74. The minimum Gasteiger partial charge on any atom is -0.493 e. The van der Waals surface area contributed by atoms with Crippen LogP contribution in [0.15, 0.2) is 29.3 Å². The summed E-state index contributed by atoms with van der Waals surface area (Å²) in [5.74, 6) is 2.56. The van der Waals surface area contributed by atoms with Gasteiger partial charge in [0.2, 0.25) is 5.91 Å². The number of ether oxygens (including phenoxy) is 1. The van der Waals surface area contributed by atoms with Gasteiger partial charge < -0.3 is 20.3 Å². The van der Waals surface area contributed by atoms with Crippen molar-refractivity contribution in [3.05, 3.63) is 29.8 Å². The number of guanidine groups is 1. The van der Waals surface area contributed by atoms with E-state index in [-0.39, 0.29) is 5.91 Å². The largest absolute Gasteiger partial charge is 0.493 e. The number of carbonyl (C=O) groups is 1. The van der Waals surface area contributed by atoms with Gasteiger partial charge in [-0.2, -0.15) is 0 Å². The Morgan fingerprint density at radius 1 is 1.17 bits per heavy atom. The van der Waals surface area contributed by atoms with Gasteiger partial charge in [0.1, 0.15) is 5.75 Å². The Morgan fingerprint density at radius 3 is 2.47 bits per heavy atom. The number of nitrogens with zero attached hydrogens (tertiary/aromatic N) is 3. The highest BCUT2D eigenvalue weighted by molar-refractivity contribution is 5.80. The molecule has 30 heavy (non-hydrogen) atoms. The normalized spacial score (nSPS) is 17.9. The van der Waals surface area contributed by atoms with Crippen LogP contribution in [0.5, 0.6) is 5.75 Å². The molecule has 166 valence electrons. The second kappa shape index (κ2) is 11.2. The molecule has 1 aliphatic heterocycles. The summed E-state index contributed by atoms with van der Waals surface area (Å²) in [7, 11) is 1.83. The summed E-state index contributed by atoms with van der Waals surface area (Å²) >= 11 is 0. The molecule has 7 nitrogen and oxygen atoms in total. The fraction of sp³-hybridized carbons (Fsp3) is 0.652. The number of benzene rings is 1. The van der Waals surface area contributed by atoms with Gasteiger partial charge in [-0.05, 0) is 42.9 Å². The first-order valence-corrected chi connectivity index (χ1v) is 11.2. The molecule has 1 saturated heterocycles. The highest BCUT2D eigenvalue weighted by atomic mass is 16.5. The third kappa shape index (κ3) is 7.52. The maximum Gasteiger partial charge on any atom is 0.234 e. The topological polar surface area (TPSA) is 69.2 Å². The van der Waals surface area contributed by atoms with Crippen LogP contribution < -0.4 is 15.4 Å². The Balaban J connectivity index is 1.35. The molecule has 0 aromatic heterocycles. The van der Waals surface area contributed by atoms with E-state index < -0.39 is 0 Å². The minimum absolute atomic E-state index is 0.161. The summed E-state index contributed by atoms with van der Waals surface area (Å²) < 4.78 is 5.75. The van der Waals surface area contributed by atoms with Gasteiger partial charge >= 0.3 is 0 Å². The van der Waals surface area contributed by atoms with Gasteiger partial charge in [0.25, 0.3) is 0 Å². The van der Waals surface area contributed by atoms with Crippen molar-refractivity contribution < 1.29 is 9.53 Å². The van der Waals surface area contributed by atoms with Crippen LogP contribution in [-0.2, 0) is 11.2 Å². The van der Waals surface area contributed by atoms with E-state index in [4.69, 9.17) is 4.74 Å². The summed E-state index contributed by atoms with van der Waals surface area (Å²) in [5.41, 5.74) is 1.28. The predicted molar refractivity (Wildman–Crippen MR) is 121 cm³/mol. The molecule has 1 aliphatic carbocycles. The van der Waals surface area contributed by atoms with Crippen molar-refractivity contribution in [3.63, 3.8) is 0 Å². The molecule has 2 N–H and O–H groups in total. The zero-order valence-corrected chi connectivity index (χ0v) is 18.7. The van der Waals surface area contributed by atoms with Crippen LogP contribution in [0.3, 0.4) is 0 Å². The van der Waals surface area contributed by atoms with Crippen LogP contribution in [0.1, 0.15) is 32.3 Å². The number of aliphatic imine (C=N–C) groups is 1. The third-order valence-electron chi connectivity index (χ3n) is 5.40. The van der Waals surface area contributed by atoms with Crippen molar-refractivity contribution in [1.82, 2.24) is 20.4 Å². The van der Waals surface area contributed by atoms with E-state index in [1.165, 1.54) is 5.56 Å². The number of carbonyl (C=O) groups excluding carboxylic acids is 1. The van der Waals surface area contributed by atoms with Crippen LogP contribution in [0.4, 0.5) is 0 Å². The quantitative estimate of drug-likeness (QED) is 0.475. The molecule has 2 fully saturated rings. The SMILES string of the molecule is CN=C(NCCc1ccc(OCC(C)C)cc1)N1CCN(CC(=O)NC2CC2)CC1. The molecule has 3 rings (SSSR count). The van der Waals surface area contributed by atoms with Crippen LogP contribution in [-0.4, -0.2) is 80.6 Å². The standard InChI is InChI=1S/C23H37N5O2/c1-18(2)17-30-21-8-4-19(5-9-21)10-11-25-23(24-3)28-14-12-27(13-15-28)16-22(29)26-20-6-7-20/h4-5,8-9,18,20H,6-7,10-17H2,1-3H3,(H,24,25)(H,26,29). The van der Waals surface area contributed by atoms with Gasteiger partial charge in [-0.15, -0.1) is 0 Å². The van der Waals surface area contributed by atoms with Gasteiger partial charge in [0.15, 0.2) is 5.96 Å².